The van der Waals surface area contributed by atoms with Crippen molar-refractivity contribution in [3.63, 3.8) is 0 Å². The molecule has 0 aliphatic carbocycles. The molecule has 3 aromatic carbocycles. The molecule has 0 aliphatic rings. The quantitative estimate of drug-likeness (QED) is 0.267. The lowest BCUT2D eigenvalue weighted by molar-refractivity contribution is -0.137. The van der Waals surface area contributed by atoms with E-state index >= 15 is 0 Å². The van der Waals surface area contributed by atoms with Gasteiger partial charge < -0.3 is 4.74 Å². The Bertz CT molecular complexity index is 1690. The van der Waals surface area contributed by atoms with Gasteiger partial charge in [-0.3, -0.25) is 0 Å². The summed E-state index contributed by atoms with van der Waals surface area (Å²) in [5.74, 6) is -0.475. The third kappa shape index (κ3) is 4.78. The predicted molar refractivity (Wildman–Crippen MR) is 135 cm³/mol. The number of halogens is 4. The van der Waals surface area contributed by atoms with Crippen LogP contribution in [0.3, 0.4) is 0 Å². The second-order valence-corrected chi connectivity index (χ2v) is 8.82. The van der Waals surface area contributed by atoms with Crippen molar-refractivity contribution in [1.82, 2.24) is 19.4 Å². The Morgan fingerprint density at radius 1 is 0.947 bits per heavy atom. The number of rotatable bonds is 5. The van der Waals surface area contributed by atoms with Crippen LogP contribution in [-0.2, 0) is 17.5 Å². The molecule has 0 saturated heterocycles. The first-order chi connectivity index (χ1) is 18.2. The van der Waals surface area contributed by atoms with E-state index in [2.05, 4.69) is 10.2 Å². The second-order valence-electron chi connectivity index (χ2n) is 8.38. The molecular formula is C27H18ClF3N4O3. The van der Waals surface area contributed by atoms with E-state index in [1.165, 1.54) is 25.4 Å². The van der Waals surface area contributed by atoms with Gasteiger partial charge in [-0.1, -0.05) is 48.0 Å². The molecule has 192 valence electrons. The van der Waals surface area contributed by atoms with Crippen molar-refractivity contribution in [3.05, 3.63) is 111 Å². The number of carbonyl (C=O) groups is 1. The van der Waals surface area contributed by atoms with E-state index in [9.17, 15) is 22.8 Å². The largest absolute Gasteiger partial charge is 0.465 e. The van der Waals surface area contributed by atoms with Crippen molar-refractivity contribution in [2.24, 2.45) is 0 Å². The van der Waals surface area contributed by atoms with E-state index in [0.717, 1.165) is 21.3 Å². The predicted octanol–water partition coefficient (Wildman–Crippen LogP) is 5.73. The molecule has 0 atom stereocenters. The third-order valence-corrected chi connectivity index (χ3v) is 6.23. The SMILES string of the molecule is COC(=O)c1ccc(-c2cnn3c(=O)n(Cc4ccc(C(F)(F)F)cc4)nc3c2-c2ccc(Cl)cc2)cc1. The average Bonchev–Trinajstić information content (AvgIpc) is 3.23. The van der Waals surface area contributed by atoms with Crippen LogP contribution in [0.1, 0.15) is 21.5 Å². The lowest BCUT2D eigenvalue weighted by Gasteiger charge is -2.11. The summed E-state index contributed by atoms with van der Waals surface area (Å²) in [6, 6.07) is 18.2. The van der Waals surface area contributed by atoms with Gasteiger partial charge in [-0.05, 0) is 53.1 Å². The van der Waals surface area contributed by atoms with Crippen molar-refractivity contribution in [2.45, 2.75) is 12.7 Å². The van der Waals surface area contributed by atoms with Gasteiger partial charge in [-0.25, -0.2) is 14.3 Å². The molecule has 0 radical (unpaired) electrons. The first-order valence-corrected chi connectivity index (χ1v) is 11.6. The van der Waals surface area contributed by atoms with Gasteiger partial charge in [0.05, 0.1) is 31.0 Å². The van der Waals surface area contributed by atoms with E-state index in [1.54, 1.807) is 48.5 Å². The summed E-state index contributed by atoms with van der Waals surface area (Å²) < 4.78 is 45.8. The minimum Gasteiger partial charge on any atom is -0.465 e. The number of carbonyl (C=O) groups excluding carboxylic acids is 1. The third-order valence-electron chi connectivity index (χ3n) is 5.98. The lowest BCUT2D eigenvalue weighted by Crippen LogP contribution is -2.23. The van der Waals surface area contributed by atoms with Gasteiger partial charge >= 0.3 is 17.8 Å². The Morgan fingerprint density at radius 2 is 1.58 bits per heavy atom. The molecule has 0 bridgehead atoms. The van der Waals surface area contributed by atoms with Crippen LogP contribution in [0.4, 0.5) is 13.2 Å². The molecular weight excluding hydrogens is 521 g/mol. The zero-order chi connectivity index (χ0) is 27.0. The number of hydrogen-bond donors (Lipinski definition) is 0. The Balaban J connectivity index is 1.64. The van der Waals surface area contributed by atoms with Crippen LogP contribution in [0.2, 0.25) is 5.02 Å². The highest BCUT2D eigenvalue weighted by Gasteiger charge is 2.30. The molecule has 5 aromatic rings. The molecule has 0 spiro atoms. The van der Waals surface area contributed by atoms with Crippen molar-refractivity contribution < 1.29 is 22.7 Å². The summed E-state index contributed by atoms with van der Waals surface area (Å²) in [4.78, 5) is 25.0. The van der Waals surface area contributed by atoms with E-state index in [4.69, 9.17) is 16.3 Å². The molecule has 0 N–H and O–H groups in total. The Labute approximate surface area is 218 Å². The summed E-state index contributed by atoms with van der Waals surface area (Å²) in [7, 11) is 1.30. The molecule has 38 heavy (non-hydrogen) atoms. The number of esters is 1. The highest BCUT2D eigenvalue weighted by molar-refractivity contribution is 6.30. The van der Waals surface area contributed by atoms with Crippen LogP contribution in [0.5, 0.6) is 0 Å². The monoisotopic (exact) mass is 538 g/mol. The van der Waals surface area contributed by atoms with E-state index in [1.807, 2.05) is 0 Å². The number of methoxy groups -OCH3 is 1. The van der Waals surface area contributed by atoms with Gasteiger partial charge in [0.15, 0.2) is 5.65 Å². The number of benzene rings is 3. The number of ether oxygens (including phenoxy) is 1. The van der Waals surface area contributed by atoms with E-state index in [0.29, 0.717) is 38.4 Å². The topological polar surface area (TPSA) is 78.5 Å². The first-order valence-electron chi connectivity index (χ1n) is 11.3. The van der Waals surface area contributed by atoms with Crippen molar-refractivity contribution in [1.29, 1.82) is 0 Å². The Kier molecular flexibility index (Phi) is 6.50. The summed E-state index contributed by atoms with van der Waals surface area (Å²) in [5.41, 5.74) is 2.40. The molecule has 0 amide bonds. The fourth-order valence-electron chi connectivity index (χ4n) is 4.06. The molecule has 0 fully saturated rings. The van der Waals surface area contributed by atoms with Gasteiger partial charge in [-0.2, -0.15) is 22.8 Å². The highest BCUT2D eigenvalue weighted by Crippen LogP contribution is 2.35. The Hall–Kier alpha value is -4.44. The highest BCUT2D eigenvalue weighted by atomic mass is 35.5. The number of hydrogen-bond acceptors (Lipinski definition) is 5. The summed E-state index contributed by atoms with van der Waals surface area (Å²) >= 11 is 6.09. The molecule has 11 heteroatoms. The smallest absolute Gasteiger partial charge is 0.416 e. The molecule has 0 aliphatic heterocycles. The maximum absolute atomic E-state index is 13.1. The van der Waals surface area contributed by atoms with Crippen molar-refractivity contribution >= 4 is 23.2 Å². The van der Waals surface area contributed by atoms with Crippen LogP contribution in [-0.4, -0.2) is 32.5 Å². The van der Waals surface area contributed by atoms with Crippen LogP contribution < -0.4 is 5.69 Å². The van der Waals surface area contributed by atoms with E-state index < -0.39 is 23.4 Å². The average molecular weight is 539 g/mol. The molecule has 2 aromatic heterocycles. The molecule has 5 rings (SSSR count). The maximum atomic E-state index is 13.1. The first kappa shape index (κ1) is 25.2. The minimum absolute atomic E-state index is 0.0520. The standard InChI is InChI=1S/C27H18ClF3N4O3/c1-38-25(36)19-6-4-17(5-7-19)22-14-32-35-24(23(22)18-8-12-21(28)13-9-18)33-34(26(35)37)15-16-2-10-20(11-3-16)27(29,30)31/h2-14H,15H2,1H3. The second kappa shape index (κ2) is 9.79. The molecule has 7 nitrogen and oxygen atoms in total. The van der Waals surface area contributed by atoms with Gasteiger partial charge in [0.25, 0.3) is 0 Å². The zero-order valence-corrected chi connectivity index (χ0v) is 20.5. The molecule has 0 saturated carbocycles. The normalized spacial score (nSPS) is 11.6. The van der Waals surface area contributed by atoms with Crippen LogP contribution in [0.15, 0.2) is 83.8 Å². The van der Waals surface area contributed by atoms with Crippen LogP contribution in [0, 0.1) is 0 Å². The van der Waals surface area contributed by atoms with Crippen LogP contribution >= 0.6 is 11.6 Å². The van der Waals surface area contributed by atoms with Gasteiger partial charge in [-0.15, -0.1) is 5.10 Å². The van der Waals surface area contributed by atoms with Gasteiger partial charge in [0.1, 0.15) is 0 Å². The number of fused-ring (bicyclic) bond motifs is 1. The number of alkyl halides is 3. The molecule has 0 unspecified atom stereocenters. The zero-order valence-electron chi connectivity index (χ0n) is 19.7. The van der Waals surface area contributed by atoms with Crippen molar-refractivity contribution in [3.8, 4) is 22.3 Å². The summed E-state index contributed by atoms with van der Waals surface area (Å²) in [6.45, 7) is -0.0520. The number of aromatic nitrogens is 4. The number of nitrogens with zero attached hydrogens (tertiary/aromatic N) is 4. The summed E-state index contributed by atoms with van der Waals surface area (Å²) in [6.07, 6.45) is -2.93. The van der Waals surface area contributed by atoms with Crippen LogP contribution in [0.25, 0.3) is 27.9 Å². The van der Waals surface area contributed by atoms with Gasteiger partial charge in [0, 0.05) is 16.1 Å². The fourth-order valence-corrected chi connectivity index (χ4v) is 4.18. The maximum Gasteiger partial charge on any atom is 0.416 e. The van der Waals surface area contributed by atoms with E-state index in [-0.39, 0.29) is 12.2 Å². The fraction of sp³-hybridized carbons (Fsp3) is 0.111. The van der Waals surface area contributed by atoms with Crippen molar-refractivity contribution in [2.75, 3.05) is 7.11 Å². The Morgan fingerprint density at radius 3 is 2.18 bits per heavy atom. The van der Waals surface area contributed by atoms with Gasteiger partial charge in [0.2, 0.25) is 0 Å². The lowest BCUT2D eigenvalue weighted by atomic mass is 9.96. The minimum atomic E-state index is -4.46. The summed E-state index contributed by atoms with van der Waals surface area (Å²) in [5, 5.41) is 9.32. The molecule has 2 heterocycles.